The average Bonchev–Trinajstić information content (AvgIpc) is 2.50. The molecule has 0 aromatic heterocycles. The standard InChI is InChI=1S/C17H16BrNO2/c1-12-15(18)7-4-8-16(12)19-17(20)10-9-13-5-3-6-14(11-13)21-2/h3-11H,1-2H3,(H,19,20). The van der Waals surface area contributed by atoms with Crippen molar-refractivity contribution in [1.82, 2.24) is 0 Å². The van der Waals surface area contributed by atoms with Gasteiger partial charge in [0, 0.05) is 16.2 Å². The number of anilines is 1. The number of amides is 1. The molecule has 0 saturated carbocycles. The van der Waals surface area contributed by atoms with Gasteiger partial charge in [0.25, 0.3) is 0 Å². The molecule has 2 rings (SSSR count). The Morgan fingerprint density at radius 2 is 2.00 bits per heavy atom. The van der Waals surface area contributed by atoms with Crippen LogP contribution in [0.3, 0.4) is 0 Å². The molecule has 0 spiro atoms. The molecule has 21 heavy (non-hydrogen) atoms. The monoisotopic (exact) mass is 345 g/mol. The second kappa shape index (κ2) is 7.09. The van der Waals surface area contributed by atoms with Gasteiger partial charge in [0.05, 0.1) is 7.11 Å². The third-order valence-corrected chi connectivity index (χ3v) is 3.91. The summed E-state index contributed by atoms with van der Waals surface area (Å²) >= 11 is 3.44. The molecule has 2 aromatic carbocycles. The summed E-state index contributed by atoms with van der Waals surface area (Å²) in [4.78, 5) is 12.0. The lowest BCUT2D eigenvalue weighted by Crippen LogP contribution is -2.09. The summed E-state index contributed by atoms with van der Waals surface area (Å²) in [5, 5.41) is 2.86. The van der Waals surface area contributed by atoms with Crippen LogP contribution in [0.1, 0.15) is 11.1 Å². The molecule has 3 nitrogen and oxygen atoms in total. The predicted octanol–water partition coefficient (Wildman–Crippen LogP) is 4.42. The normalized spacial score (nSPS) is 10.6. The van der Waals surface area contributed by atoms with Crippen LogP contribution in [0, 0.1) is 6.92 Å². The average molecular weight is 346 g/mol. The smallest absolute Gasteiger partial charge is 0.248 e. The number of rotatable bonds is 4. The van der Waals surface area contributed by atoms with E-state index in [0.29, 0.717) is 0 Å². The van der Waals surface area contributed by atoms with Gasteiger partial charge in [-0.2, -0.15) is 0 Å². The van der Waals surface area contributed by atoms with Crippen LogP contribution >= 0.6 is 15.9 Å². The van der Waals surface area contributed by atoms with Crippen molar-refractivity contribution < 1.29 is 9.53 Å². The zero-order valence-corrected chi connectivity index (χ0v) is 13.5. The molecule has 0 radical (unpaired) electrons. The number of benzene rings is 2. The Morgan fingerprint density at radius 3 is 2.76 bits per heavy atom. The Balaban J connectivity index is 2.07. The van der Waals surface area contributed by atoms with Gasteiger partial charge >= 0.3 is 0 Å². The number of carbonyl (C=O) groups is 1. The summed E-state index contributed by atoms with van der Waals surface area (Å²) in [6, 6.07) is 13.2. The molecule has 0 fully saturated rings. The van der Waals surface area contributed by atoms with E-state index in [1.807, 2.05) is 49.4 Å². The van der Waals surface area contributed by atoms with Gasteiger partial charge in [0.15, 0.2) is 0 Å². The minimum atomic E-state index is -0.168. The van der Waals surface area contributed by atoms with E-state index in [9.17, 15) is 4.79 Å². The van der Waals surface area contributed by atoms with Crippen molar-refractivity contribution >= 4 is 33.6 Å². The Labute approximate surface area is 132 Å². The summed E-state index contributed by atoms with van der Waals surface area (Å²) in [6.45, 7) is 1.95. The van der Waals surface area contributed by atoms with Gasteiger partial charge in [-0.15, -0.1) is 0 Å². The van der Waals surface area contributed by atoms with Crippen molar-refractivity contribution in [1.29, 1.82) is 0 Å². The number of hydrogen-bond donors (Lipinski definition) is 1. The first-order valence-corrected chi connectivity index (χ1v) is 7.27. The van der Waals surface area contributed by atoms with Crippen LogP contribution in [0.25, 0.3) is 6.08 Å². The second-order valence-electron chi connectivity index (χ2n) is 4.51. The predicted molar refractivity (Wildman–Crippen MR) is 89.5 cm³/mol. The number of methoxy groups -OCH3 is 1. The molecule has 4 heteroatoms. The highest BCUT2D eigenvalue weighted by Gasteiger charge is 2.03. The van der Waals surface area contributed by atoms with Gasteiger partial charge in [0.2, 0.25) is 5.91 Å². The molecule has 0 saturated heterocycles. The van der Waals surface area contributed by atoms with Gasteiger partial charge < -0.3 is 10.1 Å². The fourth-order valence-electron chi connectivity index (χ4n) is 1.83. The molecule has 1 N–H and O–H groups in total. The minimum absolute atomic E-state index is 0.168. The number of ether oxygens (including phenoxy) is 1. The van der Waals surface area contributed by atoms with Gasteiger partial charge in [-0.25, -0.2) is 0 Å². The van der Waals surface area contributed by atoms with Crippen molar-refractivity contribution in [2.45, 2.75) is 6.92 Å². The third-order valence-electron chi connectivity index (χ3n) is 3.05. The lowest BCUT2D eigenvalue weighted by atomic mass is 10.2. The van der Waals surface area contributed by atoms with Crippen LogP contribution in [-0.4, -0.2) is 13.0 Å². The van der Waals surface area contributed by atoms with Crippen molar-refractivity contribution in [3.63, 3.8) is 0 Å². The Bertz CT molecular complexity index is 680. The Morgan fingerprint density at radius 1 is 1.24 bits per heavy atom. The molecule has 0 unspecified atom stereocenters. The maximum atomic E-state index is 12.0. The van der Waals surface area contributed by atoms with Crippen molar-refractivity contribution in [2.75, 3.05) is 12.4 Å². The molecule has 0 aliphatic rings. The first-order valence-electron chi connectivity index (χ1n) is 6.48. The second-order valence-corrected chi connectivity index (χ2v) is 5.37. The van der Waals surface area contributed by atoms with Crippen molar-refractivity contribution in [3.8, 4) is 5.75 Å². The number of carbonyl (C=O) groups excluding carboxylic acids is 1. The molecule has 108 valence electrons. The zero-order chi connectivity index (χ0) is 15.2. The van der Waals surface area contributed by atoms with Gasteiger partial charge in [-0.3, -0.25) is 4.79 Å². The lowest BCUT2D eigenvalue weighted by Gasteiger charge is -2.07. The minimum Gasteiger partial charge on any atom is -0.497 e. The molecule has 2 aromatic rings. The molecular formula is C17H16BrNO2. The first-order chi connectivity index (χ1) is 10.1. The topological polar surface area (TPSA) is 38.3 Å². The van der Waals surface area contributed by atoms with E-state index in [1.54, 1.807) is 13.2 Å². The molecule has 0 atom stereocenters. The molecule has 0 aliphatic heterocycles. The lowest BCUT2D eigenvalue weighted by molar-refractivity contribution is -0.111. The molecular weight excluding hydrogens is 330 g/mol. The molecule has 1 amide bonds. The van der Waals surface area contributed by atoms with Gasteiger partial charge in [0.1, 0.15) is 5.75 Å². The largest absolute Gasteiger partial charge is 0.497 e. The van der Waals surface area contributed by atoms with Crippen LogP contribution in [0.4, 0.5) is 5.69 Å². The Kier molecular flexibility index (Phi) is 5.17. The van der Waals surface area contributed by atoms with Crippen LogP contribution in [-0.2, 0) is 4.79 Å². The van der Waals surface area contributed by atoms with E-state index >= 15 is 0 Å². The molecule has 0 aliphatic carbocycles. The summed E-state index contributed by atoms with van der Waals surface area (Å²) in [6.07, 6.45) is 3.26. The van der Waals surface area contributed by atoms with Crippen molar-refractivity contribution in [3.05, 3.63) is 64.1 Å². The first kappa shape index (κ1) is 15.3. The highest BCUT2D eigenvalue weighted by atomic mass is 79.9. The SMILES string of the molecule is COc1cccc(C=CC(=O)Nc2cccc(Br)c2C)c1. The quantitative estimate of drug-likeness (QED) is 0.833. The summed E-state index contributed by atoms with van der Waals surface area (Å²) in [5.74, 6) is 0.597. The van der Waals surface area contributed by atoms with E-state index in [-0.39, 0.29) is 5.91 Å². The van der Waals surface area contributed by atoms with Crippen LogP contribution < -0.4 is 10.1 Å². The zero-order valence-electron chi connectivity index (χ0n) is 11.9. The van der Waals surface area contributed by atoms with E-state index in [1.165, 1.54) is 6.08 Å². The van der Waals surface area contributed by atoms with Crippen LogP contribution in [0.2, 0.25) is 0 Å². The maximum absolute atomic E-state index is 12.0. The van der Waals surface area contributed by atoms with Crippen LogP contribution in [0.15, 0.2) is 53.0 Å². The summed E-state index contributed by atoms with van der Waals surface area (Å²) in [5.41, 5.74) is 2.71. The maximum Gasteiger partial charge on any atom is 0.248 e. The van der Waals surface area contributed by atoms with Crippen molar-refractivity contribution in [2.24, 2.45) is 0 Å². The highest BCUT2D eigenvalue weighted by molar-refractivity contribution is 9.10. The number of hydrogen-bond acceptors (Lipinski definition) is 2. The number of nitrogens with one attached hydrogen (secondary N) is 1. The van der Waals surface area contributed by atoms with E-state index in [4.69, 9.17) is 4.74 Å². The van der Waals surface area contributed by atoms with Crippen LogP contribution in [0.5, 0.6) is 5.75 Å². The van der Waals surface area contributed by atoms with E-state index < -0.39 is 0 Å². The summed E-state index contributed by atoms with van der Waals surface area (Å²) in [7, 11) is 1.62. The van der Waals surface area contributed by atoms with E-state index in [0.717, 1.165) is 27.0 Å². The number of halogens is 1. The fourth-order valence-corrected chi connectivity index (χ4v) is 2.20. The molecule has 0 bridgehead atoms. The fraction of sp³-hybridized carbons (Fsp3) is 0.118. The van der Waals surface area contributed by atoms with Gasteiger partial charge in [-0.05, 0) is 48.4 Å². The summed E-state index contributed by atoms with van der Waals surface area (Å²) < 4.78 is 6.12. The van der Waals surface area contributed by atoms with Gasteiger partial charge in [-0.1, -0.05) is 34.1 Å². The third kappa shape index (κ3) is 4.20. The Hall–Kier alpha value is -2.07. The highest BCUT2D eigenvalue weighted by Crippen LogP contribution is 2.23. The van der Waals surface area contributed by atoms with E-state index in [2.05, 4.69) is 21.2 Å². The molecule has 0 heterocycles.